The van der Waals surface area contributed by atoms with Gasteiger partial charge in [-0.05, 0) is 60.0 Å². The highest BCUT2D eigenvalue weighted by atomic mass is 32.1. The third-order valence-corrected chi connectivity index (χ3v) is 9.74. The molecule has 0 spiro atoms. The van der Waals surface area contributed by atoms with Gasteiger partial charge >= 0.3 is 0 Å². The molecule has 0 aliphatic rings. The Labute approximate surface area is 237 Å². The Morgan fingerprint density at radius 1 is 0.649 bits per heavy atom. The van der Waals surface area contributed by atoms with Crippen LogP contribution in [0, 0.1) is 23.7 Å². The summed E-state index contributed by atoms with van der Waals surface area (Å²) in [7, 11) is 0. The van der Waals surface area contributed by atoms with Crippen LogP contribution in [0.2, 0.25) is 0 Å². The van der Waals surface area contributed by atoms with Crippen molar-refractivity contribution in [3.63, 3.8) is 0 Å². The fourth-order valence-corrected chi connectivity index (χ4v) is 6.99. The monoisotopic (exact) mass is 564 g/mol. The van der Waals surface area contributed by atoms with Crippen LogP contribution in [0.15, 0.2) is 59.3 Å². The van der Waals surface area contributed by atoms with E-state index in [1.165, 1.54) is 19.5 Å². The van der Waals surface area contributed by atoms with Gasteiger partial charge in [-0.1, -0.05) is 62.5 Å². The molecule has 0 aromatic carbocycles. The van der Waals surface area contributed by atoms with Crippen LogP contribution in [0.5, 0.6) is 0 Å². The second-order valence-electron chi connectivity index (χ2n) is 8.55. The van der Waals surface area contributed by atoms with E-state index >= 15 is 0 Å². The number of thiophene rings is 4. The minimum atomic E-state index is -0.813. The minimum Gasteiger partial charge on any atom is -0.348 e. The van der Waals surface area contributed by atoms with Gasteiger partial charge in [-0.2, -0.15) is 0 Å². The second-order valence-corrected chi connectivity index (χ2v) is 12.6. The summed E-state index contributed by atoms with van der Waals surface area (Å²) in [5, 5.41) is 4.21. The summed E-state index contributed by atoms with van der Waals surface area (Å²) < 4.78 is 12.8. The van der Waals surface area contributed by atoms with E-state index in [1.807, 2.05) is 0 Å². The summed E-state index contributed by atoms with van der Waals surface area (Å²) in [4.78, 5) is 7.20. The molecule has 0 aliphatic carbocycles. The summed E-state index contributed by atoms with van der Waals surface area (Å²) in [5.41, 5.74) is 0. The van der Waals surface area contributed by atoms with Gasteiger partial charge in [-0.3, -0.25) is 0 Å². The summed E-state index contributed by atoms with van der Waals surface area (Å²) in [6.07, 6.45) is 5.11. The predicted molar refractivity (Wildman–Crippen MR) is 163 cm³/mol. The molecule has 4 aromatic rings. The van der Waals surface area contributed by atoms with E-state index in [1.54, 1.807) is 45.3 Å². The molecule has 0 atom stereocenters. The molecule has 4 rings (SSSR count). The Morgan fingerprint density at radius 3 is 1.54 bits per heavy atom. The van der Waals surface area contributed by atoms with Crippen molar-refractivity contribution in [3.05, 3.63) is 69.0 Å². The van der Waals surface area contributed by atoms with Gasteiger partial charge in [0.05, 0.1) is 35.8 Å². The first-order valence-corrected chi connectivity index (χ1v) is 16.1. The molecule has 192 valence electrons. The Kier molecular flexibility index (Phi) is 11.1. The van der Waals surface area contributed by atoms with Crippen LogP contribution in [0.4, 0.5) is 0 Å². The minimum absolute atomic E-state index is 0.492. The molecular weight excluding hydrogens is 533 g/mol. The van der Waals surface area contributed by atoms with E-state index in [2.05, 4.69) is 96.8 Å². The SMILES string of the molecule is CCCCOC(CC#Cc1ccc(-c2cccs2)s1)(CC#Cc1ccc(-c2cccs2)s1)OCCCC. The number of hydrogen-bond acceptors (Lipinski definition) is 6. The van der Waals surface area contributed by atoms with Crippen LogP contribution in [0.3, 0.4) is 0 Å². The zero-order valence-corrected chi connectivity index (χ0v) is 24.6. The molecule has 0 saturated heterocycles. The highest BCUT2D eigenvalue weighted by molar-refractivity contribution is 7.22. The molecule has 0 fully saturated rings. The molecule has 4 heterocycles. The maximum absolute atomic E-state index is 6.40. The van der Waals surface area contributed by atoms with Crippen molar-refractivity contribution in [1.29, 1.82) is 0 Å². The Balaban J connectivity index is 1.50. The number of hydrogen-bond donors (Lipinski definition) is 0. The van der Waals surface area contributed by atoms with Gasteiger partial charge in [0.2, 0.25) is 0 Å². The Hall–Kier alpha value is -2.16. The van der Waals surface area contributed by atoms with E-state index < -0.39 is 5.79 Å². The molecule has 0 N–H and O–H groups in total. The summed E-state index contributed by atoms with van der Waals surface area (Å²) in [6, 6.07) is 17.0. The van der Waals surface area contributed by atoms with Crippen LogP contribution in [-0.2, 0) is 9.47 Å². The van der Waals surface area contributed by atoms with E-state index in [4.69, 9.17) is 9.47 Å². The lowest BCUT2D eigenvalue weighted by atomic mass is 10.1. The average Bonchev–Trinajstić information content (AvgIpc) is 3.71. The van der Waals surface area contributed by atoms with Crippen LogP contribution in [-0.4, -0.2) is 19.0 Å². The van der Waals surface area contributed by atoms with Crippen molar-refractivity contribution in [2.24, 2.45) is 0 Å². The molecule has 0 aliphatic heterocycles. The van der Waals surface area contributed by atoms with E-state index in [0.717, 1.165) is 35.4 Å². The number of rotatable bonds is 12. The van der Waals surface area contributed by atoms with Gasteiger partial charge in [0, 0.05) is 19.5 Å². The standard InChI is InChI=1S/C31H32O2S4/c1-3-5-21-32-31(33-22-6-4-2,19-7-11-25-15-17-29(36-25)27-13-9-23-34-27)20-8-12-26-16-18-30(37-26)28-14-10-24-35-28/h9-10,13-18,23-24H,3-6,19-22H2,1-2H3. The molecule has 0 radical (unpaired) electrons. The van der Waals surface area contributed by atoms with Crippen molar-refractivity contribution < 1.29 is 9.47 Å². The van der Waals surface area contributed by atoms with Crippen LogP contribution in [0.25, 0.3) is 19.5 Å². The molecule has 0 bridgehead atoms. The maximum Gasteiger partial charge on any atom is 0.190 e. The van der Waals surface area contributed by atoms with Crippen molar-refractivity contribution in [2.45, 2.75) is 58.2 Å². The fourth-order valence-electron chi connectivity index (χ4n) is 3.56. The third-order valence-electron chi connectivity index (χ3n) is 5.60. The third kappa shape index (κ3) is 8.42. The number of ether oxygens (including phenoxy) is 2. The molecular formula is C31H32O2S4. The average molecular weight is 565 g/mol. The first kappa shape index (κ1) is 27.9. The van der Waals surface area contributed by atoms with Crippen molar-refractivity contribution in [2.75, 3.05) is 13.2 Å². The predicted octanol–water partition coefficient (Wildman–Crippen LogP) is 9.78. The summed E-state index contributed by atoms with van der Waals surface area (Å²) in [5.74, 6) is 12.7. The number of unbranched alkanes of at least 4 members (excludes halogenated alkanes) is 2. The lowest BCUT2D eigenvalue weighted by Gasteiger charge is -2.31. The van der Waals surface area contributed by atoms with Crippen LogP contribution >= 0.6 is 45.3 Å². The van der Waals surface area contributed by atoms with Gasteiger partial charge in [0.15, 0.2) is 5.79 Å². The summed E-state index contributed by atoms with van der Waals surface area (Å²) in [6.45, 7) is 5.64. The lowest BCUT2D eigenvalue weighted by Crippen LogP contribution is -2.36. The maximum atomic E-state index is 6.40. The first-order valence-electron chi connectivity index (χ1n) is 12.7. The van der Waals surface area contributed by atoms with Gasteiger partial charge in [0.1, 0.15) is 0 Å². The van der Waals surface area contributed by atoms with E-state index in [9.17, 15) is 0 Å². The van der Waals surface area contributed by atoms with E-state index in [-0.39, 0.29) is 0 Å². The Morgan fingerprint density at radius 2 is 1.14 bits per heavy atom. The van der Waals surface area contributed by atoms with Crippen molar-refractivity contribution >= 4 is 45.3 Å². The quantitative estimate of drug-likeness (QED) is 0.0968. The highest BCUT2D eigenvalue weighted by Gasteiger charge is 2.30. The fraction of sp³-hybridized carbons (Fsp3) is 0.355. The topological polar surface area (TPSA) is 18.5 Å². The smallest absolute Gasteiger partial charge is 0.190 e. The molecule has 2 nitrogen and oxygen atoms in total. The molecule has 0 saturated carbocycles. The van der Waals surface area contributed by atoms with Crippen LogP contribution < -0.4 is 0 Å². The van der Waals surface area contributed by atoms with Gasteiger partial charge in [-0.25, -0.2) is 0 Å². The Bertz CT molecular complexity index is 1220. The zero-order valence-electron chi connectivity index (χ0n) is 21.4. The summed E-state index contributed by atoms with van der Waals surface area (Å²) >= 11 is 6.97. The lowest BCUT2D eigenvalue weighted by molar-refractivity contribution is -0.231. The van der Waals surface area contributed by atoms with Crippen molar-refractivity contribution in [3.8, 4) is 43.2 Å². The molecule has 6 heteroatoms. The van der Waals surface area contributed by atoms with E-state index in [0.29, 0.717) is 26.1 Å². The van der Waals surface area contributed by atoms with Gasteiger partial charge in [0.25, 0.3) is 0 Å². The van der Waals surface area contributed by atoms with Gasteiger partial charge in [-0.15, -0.1) is 45.3 Å². The highest BCUT2D eigenvalue weighted by Crippen LogP contribution is 2.32. The molecule has 4 aromatic heterocycles. The molecule has 37 heavy (non-hydrogen) atoms. The van der Waals surface area contributed by atoms with Gasteiger partial charge < -0.3 is 9.47 Å². The largest absolute Gasteiger partial charge is 0.348 e. The van der Waals surface area contributed by atoms with Crippen molar-refractivity contribution in [1.82, 2.24) is 0 Å². The second kappa shape index (κ2) is 14.7. The molecule has 0 amide bonds. The zero-order chi connectivity index (χ0) is 25.8. The first-order chi connectivity index (χ1) is 18.2. The van der Waals surface area contributed by atoms with Crippen LogP contribution in [0.1, 0.15) is 62.1 Å². The molecule has 0 unspecified atom stereocenters. The normalized spacial score (nSPS) is 11.1.